The van der Waals surface area contributed by atoms with E-state index in [9.17, 15) is 0 Å². The fourth-order valence-corrected chi connectivity index (χ4v) is 1.41. The topological polar surface area (TPSA) is 9.23 Å². The second kappa shape index (κ2) is 4.90. The third-order valence-electron chi connectivity index (χ3n) is 1.63. The van der Waals surface area contributed by atoms with Gasteiger partial charge >= 0.3 is 0 Å². The Morgan fingerprint density at radius 2 is 1.92 bits per heavy atom. The van der Waals surface area contributed by atoms with Crippen LogP contribution in [-0.2, 0) is 4.43 Å². The highest BCUT2D eigenvalue weighted by Crippen LogP contribution is 2.01. The second-order valence-electron chi connectivity index (χ2n) is 2.56. The van der Waals surface area contributed by atoms with E-state index in [1.165, 1.54) is 5.56 Å². The summed E-state index contributed by atoms with van der Waals surface area (Å²) in [4.78, 5) is 0. The predicted octanol–water partition coefficient (Wildman–Crippen LogP) is 2.51. The van der Waals surface area contributed by atoms with Gasteiger partial charge in [0.15, 0.2) is 0 Å². The quantitative estimate of drug-likeness (QED) is 0.645. The lowest BCUT2D eigenvalue weighted by atomic mass is 10.2. The van der Waals surface area contributed by atoms with E-state index < -0.39 is 9.04 Å². The number of hydrogen-bond donors (Lipinski definition) is 0. The maximum atomic E-state index is 5.19. The van der Waals surface area contributed by atoms with Crippen molar-refractivity contribution in [2.75, 3.05) is 7.11 Å². The average Bonchev–Trinajstić information content (AvgIpc) is 2.16. The van der Waals surface area contributed by atoms with Crippen LogP contribution in [0.3, 0.4) is 0 Å². The van der Waals surface area contributed by atoms with Gasteiger partial charge in [-0.05, 0) is 12.1 Å². The molecule has 1 rings (SSSR count). The molecule has 0 aliphatic rings. The molecule has 0 aromatic heterocycles. The van der Waals surface area contributed by atoms with Crippen molar-refractivity contribution in [1.82, 2.24) is 0 Å². The van der Waals surface area contributed by atoms with Crippen molar-refractivity contribution in [2.45, 2.75) is 6.55 Å². The Morgan fingerprint density at radius 3 is 2.50 bits per heavy atom. The molecule has 63 valence electrons. The average molecular weight is 177 g/mol. The zero-order valence-corrected chi connectivity index (χ0v) is 8.45. The van der Waals surface area contributed by atoms with Gasteiger partial charge in [0.1, 0.15) is 0 Å². The van der Waals surface area contributed by atoms with Gasteiger partial charge in [0.2, 0.25) is 9.04 Å². The first-order chi connectivity index (χ1) is 5.83. The van der Waals surface area contributed by atoms with E-state index in [1.807, 2.05) is 18.2 Å². The molecule has 0 N–H and O–H groups in total. The Balaban J connectivity index is 2.58. The third kappa shape index (κ3) is 3.03. The van der Waals surface area contributed by atoms with Gasteiger partial charge in [-0.25, -0.2) is 0 Å². The zero-order valence-electron chi connectivity index (χ0n) is 7.45. The van der Waals surface area contributed by atoms with E-state index in [2.05, 4.69) is 30.5 Å². The molecule has 0 heterocycles. The lowest BCUT2D eigenvalue weighted by Crippen LogP contribution is -2.05. The zero-order chi connectivity index (χ0) is 8.81. The van der Waals surface area contributed by atoms with Crippen LogP contribution < -0.4 is 0 Å². The van der Waals surface area contributed by atoms with Crippen molar-refractivity contribution >= 4 is 15.1 Å². The number of hydrogen-bond acceptors (Lipinski definition) is 1. The van der Waals surface area contributed by atoms with Crippen LogP contribution >= 0.6 is 0 Å². The highest BCUT2D eigenvalue weighted by Gasteiger charge is 1.94. The molecule has 0 saturated carbocycles. The van der Waals surface area contributed by atoms with Crippen LogP contribution in [0.1, 0.15) is 5.56 Å². The molecule has 0 unspecified atom stereocenters. The van der Waals surface area contributed by atoms with Crippen molar-refractivity contribution in [1.29, 1.82) is 0 Å². The largest absolute Gasteiger partial charge is 0.416 e. The van der Waals surface area contributed by atoms with Crippen molar-refractivity contribution in [2.24, 2.45) is 0 Å². The first kappa shape index (κ1) is 9.23. The summed E-state index contributed by atoms with van der Waals surface area (Å²) in [5.41, 5.74) is 3.37. The molecule has 1 aromatic carbocycles. The van der Waals surface area contributed by atoms with Crippen LogP contribution in [0.15, 0.2) is 36.0 Å². The summed E-state index contributed by atoms with van der Waals surface area (Å²) in [7, 11) is 1.05. The van der Waals surface area contributed by atoms with Crippen LogP contribution in [0.25, 0.3) is 6.08 Å². The fourth-order valence-electron chi connectivity index (χ4n) is 0.846. The standard InChI is InChI=1S/C10H13OSi/c1-11-12(2)9-8-10-6-4-3-5-7-10/h3-9H,1-2H3. The molecule has 0 fully saturated rings. The van der Waals surface area contributed by atoms with Crippen molar-refractivity contribution in [3.05, 3.63) is 41.6 Å². The first-order valence-electron chi connectivity index (χ1n) is 3.93. The summed E-state index contributed by atoms with van der Waals surface area (Å²) >= 11 is 0. The summed E-state index contributed by atoms with van der Waals surface area (Å²) in [5, 5.41) is 0. The number of rotatable bonds is 3. The summed E-state index contributed by atoms with van der Waals surface area (Å²) in [6.07, 6.45) is 2.11. The van der Waals surface area contributed by atoms with Crippen molar-refractivity contribution < 1.29 is 4.43 Å². The molecule has 1 radical (unpaired) electrons. The van der Waals surface area contributed by atoms with E-state index in [-0.39, 0.29) is 0 Å². The molecule has 0 amide bonds. The highest BCUT2D eigenvalue weighted by atomic mass is 28.3. The maximum absolute atomic E-state index is 5.19. The minimum Gasteiger partial charge on any atom is -0.416 e. The van der Waals surface area contributed by atoms with Gasteiger partial charge in [-0.2, -0.15) is 0 Å². The highest BCUT2D eigenvalue weighted by molar-refractivity contribution is 6.56. The van der Waals surface area contributed by atoms with Gasteiger partial charge < -0.3 is 4.43 Å². The number of benzene rings is 1. The van der Waals surface area contributed by atoms with E-state index in [0.717, 1.165) is 0 Å². The molecule has 0 spiro atoms. The van der Waals surface area contributed by atoms with Crippen LogP contribution in [-0.4, -0.2) is 16.2 Å². The van der Waals surface area contributed by atoms with Crippen molar-refractivity contribution in [3.8, 4) is 0 Å². The second-order valence-corrected chi connectivity index (χ2v) is 4.52. The maximum Gasteiger partial charge on any atom is 0.235 e. The molecular weight excluding hydrogens is 164 g/mol. The van der Waals surface area contributed by atoms with Gasteiger partial charge in [-0.15, -0.1) is 0 Å². The SMILES string of the molecule is CO[Si](C)C=Cc1ccccc1. The van der Waals surface area contributed by atoms with Crippen LogP contribution in [0.2, 0.25) is 6.55 Å². The summed E-state index contributed by atoms with van der Waals surface area (Å²) in [6, 6.07) is 10.3. The molecule has 1 nitrogen and oxygen atoms in total. The molecular formula is C10H13OSi. The fraction of sp³-hybridized carbons (Fsp3) is 0.200. The van der Waals surface area contributed by atoms with Gasteiger partial charge in [0.05, 0.1) is 0 Å². The first-order valence-corrected chi connectivity index (χ1v) is 5.92. The summed E-state index contributed by atoms with van der Waals surface area (Å²) in [5.74, 6) is 0. The molecule has 12 heavy (non-hydrogen) atoms. The Labute approximate surface area is 75.4 Å². The Bertz CT molecular complexity index is 243. The molecule has 0 bridgehead atoms. The molecule has 0 atom stereocenters. The monoisotopic (exact) mass is 177 g/mol. The minimum absolute atomic E-state index is 0.707. The van der Waals surface area contributed by atoms with Gasteiger partial charge in [0, 0.05) is 7.11 Å². The molecule has 2 heteroatoms. The van der Waals surface area contributed by atoms with E-state index in [0.29, 0.717) is 0 Å². The van der Waals surface area contributed by atoms with Gasteiger partial charge in [-0.3, -0.25) is 0 Å². The lowest BCUT2D eigenvalue weighted by molar-refractivity contribution is 0.434. The van der Waals surface area contributed by atoms with Gasteiger partial charge in [0.25, 0.3) is 0 Å². The van der Waals surface area contributed by atoms with Gasteiger partial charge in [-0.1, -0.05) is 42.1 Å². The Kier molecular flexibility index (Phi) is 3.77. The Hall–Kier alpha value is -0.863. The lowest BCUT2D eigenvalue weighted by Gasteiger charge is -1.97. The predicted molar refractivity (Wildman–Crippen MR) is 54.1 cm³/mol. The van der Waals surface area contributed by atoms with Crippen LogP contribution in [0, 0.1) is 0 Å². The van der Waals surface area contributed by atoms with Crippen LogP contribution in [0.4, 0.5) is 0 Å². The van der Waals surface area contributed by atoms with Crippen molar-refractivity contribution in [3.63, 3.8) is 0 Å². The van der Waals surface area contributed by atoms with E-state index in [4.69, 9.17) is 4.43 Å². The smallest absolute Gasteiger partial charge is 0.235 e. The molecule has 0 aliphatic carbocycles. The summed E-state index contributed by atoms with van der Waals surface area (Å²) in [6.45, 7) is 2.12. The third-order valence-corrected chi connectivity index (χ3v) is 2.91. The molecule has 1 aromatic rings. The van der Waals surface area contributed by atoms with E-state index in [1.54, 1.807) is 7.11 Å². The normalized spacial score (nSPS) is 11.2. The molecule has 0 saturated heterocycles. The Morgan fingerprint density at radius 1 is 1.25 bits per heavy atom. The van der Waals surface area contributed by atoms with Crippen LogP contribution in [0.5, 0.6) is 0 Å². The van der Waals surface area contributed by atoms with E-state index >= 15 is 0 Å². The summed E-state index contributed by atoms with van der Waals surface area (Å²) < 4.78 is 5.19. The molecule has 0 aliphatic heterocycles. The minimum atomic E-state index is -0.707.